The molecule has 3 nitrogen and oxygen atoms in total. The molecule has 0 spiro atoms. The van der Waals surface area contributed by atoms with E-state index in [1.165, 1.54) is 0 Å². The molecule has 0 N–H and O–H groups in total. The molecule has 0 radical (unpaired) electrons. The lowest BCUT2D eigenvalue weighted by Gasteiger charge is -2.09. The van der Waals surface area contributed by atoms with Gasteiger partial charge in [-0.25, -0.2) is 4.98 Å². The zero-order valence-electron chi connectivity index (χ0n) is 16.9. The van der Waals surface area contributed by atoms with E-state index in [9.17, 15) is 0 Å². The standard InChI is InChI=1S/C27H20ClN3/c1-3-19(17-29-2)20-6-10-22(11-7-20)26-15-25(28)16-27(31-26)23-12-8-21(9-13-23)24-5-4-14-30-18-24/h3-18H,1-2H2/b19-17+. The van der Waals surface area contributed by atoms with Crippen LogP contribution in [0.4, 0.5) is 0 Å². The number of aliphatic imine (C=N–C) groups is 1. The van der Waals surface area contributed by atoms with Crippen molar-refractivity contribution in [1.82, 2.24) is 9.97 Å². The third-order valence-corrected chi connectivity index (χ3v) is 5.15. The molecule has 4 rings (SSSR count). The minimum atomic E-state index is 0.642. The second-order valence-electron chi connectivity index (χ2n) is 6.92. The molecule has 0 fully saturated rings. The van der Waals surface area contributed by atoms with Crippen LogP contribution in [-0.4, -0.2) is 16.7 Å². The van der Waals surface area contributed by atoms with E-state index in [1.807, 2.05) is 54.7 Å². The average Bonchev–Trinajstić information content (AvgIpc) is 2.83. The van der Waals surface area contributed by atoms with Crippen molar-refractivity contribution in [3.05, 3.63) is 115 Å². The summed E-state index contributed by atoms with van der Waals surface area (Å²) in [5.74, 6) is 0. The normalized spacial score (nSPS) is 11.2. The van der Waals surface area contributed by atoms with Crippen LogP contribution in [0.5, 0.6) is 0 Å². The molecule has 0 unspecified atom stereocenters. The molecule has 0 saturated carbocycles. The van der Waals surface area contributed by atoms with Crippen LogP contribution < -0.4 is 0 Å². The van der Waals surface area contributed by atoms with Gasteiger partial charge in [-0.05, 0) is 47.2 Å². The van der Waals surface area contributed by atoms with Crippen LogP contribution >= 0.6 is 11.6 Å². The maximum atomic E-state index is 6.43. The molecule has 0 aliphatic rings. The molecule has 0 saturated heterocycles. The van der Waals surface area contributed by atoms with Gasteiger partial charge in [-0.1, -0.05) is 78.9 Å². The number of hydrogen-bond donors (Lipinski definition) is 0. The molecule has 4 aromatic rings. The van der Waals surface area contributed by atoms with Crippen LogP contribution in [0.15, 0.2) is 109 Å². The molecule has 0 aliphatic heterocycles. The van der Waals surface area contributed by atoms with Gasteiger partial charge >= 0.3 is 0 Å². The summed E-state index contributed by atoms with van der Waals surface area (Å²) in [5, 5.41) is 0.642. The third kappa shape index (κ3) is 4.68. The van der Waals surface area contributed by atoms with E-state index in [2.05, 4.69) is 47.5 Å². The Balaban J connectivity index is 1.65. The van der Waals surface area contributed by atoms with Crippen LogP contribution in [0.3, 0.4) is 0 Å². The minimum absolute atomic E-state index is 0.642. The van der Waals surface area contributed by atoms with E-state index >= 15 is 0 Å². The van der Waals surface area contributed by atoms with Crippen molar-refractivity contribution in [2.24, 2.45) is 4.99 Å². The maximum Gasteiger partial charge on any atom is 0.0724 e. The summed E-state index contributed by atoms with van der Waals surface area (Å²) in [6.07, 6.45) is 7.07. The van der Waals surface area contributed by atoms with Gasteiger partial charge in [0.05, 0.1) is 11.4 Å². The predicted octanol–water partition coefficient (Wildman–Crippen LogP) is 7.36. The summed E-state index contributed by atoms with van der Waals surface area (Å²) >= 11 is 6.43. The Morgan fingerprint density at radius 3 is 2.00 bits per heavy atom. The van der Waals surface area contributed by atoms with Crippen molar-refractivity contribution >= 4 is 23.9 Å². The van der Waals surface area contributed by atoms with E-state index in [4.69, 9.17) is 16.6 Å². The summed E-state index contributed by atoms with van der Waals surface area (Å²) in [6, 6.07) is 24.0. The Hall–Kier alpha value is -3.82. The molecular formula is C27H20ClN3. The lowest BCUT2D eigenvalue weighted by molar-refractivity contribution is 1.32. The smallest absolute Gasteiger partial charge is 0.0724 e. The highest BCUT2D eigenvalue weighted by Crippen LogP contribution is 2.29. The van der Waals surface area contributed by atoms with E-state index in [-0.39, 0.29) is 0 Å². The van der Waals surface area contributed by atoms with Gasteiger partial charge in [-0.15, -0.1) is 0 Å². The highest BCUT2D eigenvalue weighted by Gasteiger charge is 2.08. The fourth-order valence-corrected chi connectivity index (χ4v) is 3.54. The molecule has 2 heterocycles. The van der Waals surface area contributed by atoms with Crippen molar-refractivity contribution in [1.29, 1.82) is 0 Å². The predicted molar refractivity (Wildman–Crippen MR) is 131 cm³/mol. The molecule has 0 bridgehead atoms. The Morgan fingerprint density at radius 1 is 0.839 bits per heavy atom. The fraction of sp³-hybridized carbons (Fsp3) is 0. The van der Waals surface area contributed by atoms with Gasteiger partial charge < -0.3 is 0 Å². The summed E-state index contributed by atoms with van der Waals surface area (Å²) in [7, 11) is 0. The first-order chi connectivity index (χ1) is 15.2. The SMILES string of the molecule is C=C/C(=C\N=C)c1ccc(-c2cc(Cl)cc(-c3ccc(-c4cccnc4)cc3)n2)cc1. The first kappa shape index (κ1) is 20.5. The molecule has 0 amide bonds. The zero-order chi connectivity index (χ0) is 21.6. The van der Waals surface area contributed by atoms with Gasteiger partial charge in [0.25, 0.3) is 0 Å². The average molecular weight is 422 g/mol. The van der Waals surface area contributed by atoms with Crippen LogP contribution in [0.25, 0.3) is 39.2 Å². The molecule has 2 aromatic heterocycles. The second-order valence-corrected chi connectivity index (χ2v) is 7.36. The third-order valence-electron chi connectivity index (χ3n) is 4.93. The number of rotatable bonds is 6. The Bertz CT molecular complexity index is 1240. The summed E-state index contributed by atoms with van der Waals surface area (Å²) in [4.78, 5) is 12.9. The quantitative estimate of drug-likeness (QED) is 0.241. The molecular weight excluding hydrogens is 402 g/mol. The first-order valence-corrected chi connectivity index (χ1v) is 10.1. The number of allylic oxidation sites excluding steroid dienone is 2. The highest BCUT2D eigenvalue weighted by atomic mass is 35.5. The Labute approximate surface area is 187 Å². The molecule has 2 aromatic carbocycles. The van der Waals surface area contributed by atoms with E-state index in [0.29, 0.717) is 5.02 Å². The van der Waals surface area contributed by atoms with Gasteiger partial charge in [-0.2, -0.15) is 0 Å². The van der Waals surface area contributed by atoms with Crippen molar-refractivity contribution < 1.29 is 0 Å². The Kier molecular flexibility index (Phi) is 6.16. The molecule has 0 atom stereocenters. The first-order valence-electron chi connectivity index (χ1n) is 9.75. The fourth-order valence-electron chi connectivity index (χ4n) is 3.34. The van der Waals surface area contributed by atoms with E-state index in [0.717, 1.165) is 44.8 Å². The van der Waals surface area contributed by atoms with Gasteiger partial charge in [-0.3, -0.25) is 9.98 Å². The van der Waals surface area contributed by atoms with Crippen LogP contribution in [0.1, 0.15) is 5.56 Å². The van der Waals surface area contributed by atoms with Gasteiger partial charge in [0, 0.05) is 34.7 Å². The van der Waals surface area contributed by atoms with Crippen molar-refractivity contribution in [2.45, 2.75) is 0 Å². The van der Waals surface area contributed by atoms with Crippen LogP contribution in [0, 0.1) is 0 Å². The number of benzene rings is 2. The molecule has 4 heteroatoms. The summed E-state index contributed by atoms with van der Waals surface area (Å²) in [5.41, 5.74) is 7.73. The number of pyridine rings is 2. The molecule has 0 aliphatic carbocycles. The van der Waals surface area contributed by atoms with Gasteiger partial charge in [0.2, 0.25) is 0 Å². The maximum absolute atomic E-state index is 6.43. The zero-order valence-corrected chi connectivity index (χ0v) is 17.6. The van der Waals surface area contributed by atoms with E-state index in [1.54, 1.807) is 18.5 Å². The van der Waals surface area contributed by atoms with Crippen LogP contribution in [0.2, 0.25) is 5.02 Å². The van der Waals surface area contributed by atoms with Crippen LogP contribution in [-0.2, 0) is 0 Å². The lowest BCUT2D eigenvalue weighted by atomic mass is 10.0. The van der Waals surface area contributed by atoms with Gasteiger partial charge in [0.15, 0.2) is 0 Å². The number of halogens is 1. The number of hydrogen-bond acceptors (Lipinski definition) is 3. The summed E-state index contributed by atoms with van der Waals surface area (Å²) in [6.45, 7) is 7.34. The second kappa shape index (κ2) is 9.33. The topological polar surface area (TPSA) is 38.1 Å². The molecule has 150 valence electrons. The lowest BCUT2D eigenvalue weighted by Crippen LogP contribution is -1.90. The summed E-state index contributed by atoms with van der Waals surface area (Å²) < 4.78 is 0. The van der Waals surface area contributed by atoms with Crippen molar-refractivity contribution in [3.8, 4) is 33.6 Å². The number of nitrogens with zero attached hydrogens (tertiary/aromatic N) is 3. The van der Waals surface area contributed by atoms with Crippen molar-refractivity contribution in [3.63, 3.8) is 0 Å². The largest absolute Gasteiger partial charge is 0.272 e. The van der Waals surface area contributed by atoms with Gasteiger partial charge in [0.1, 0.15) is 0 Å². The number of aromatic nitrogens is 2. The molecule has 31 heavy (non-hydrogen) atoms. The monoisotopic (exact) mass is 421 g/mol. The minimum Gasteiger partial charge on any atom is -0.272 e. The van der Waals surface area contributed by atoms with E-state index < -0.39 is 0 Å². The highest BCUT2D eigenvalue weighted by molar-refractivity contribution is 6.31. The van der Waals surface area contributed by atoms with Crippen molar-refractivity contribution in [2.75, 3.05) is 0 Å². The Morgan fingerprint density at radius 2 is 1.45 bits per heavy atom.